The molecule has 1 atom stereocenters. The fourth-order valence-corrected chi connectivity index (χ4v) is 0.751. The number of carbonyl (C=O) groups is 1. The molecule has 0 saturated heterocycles. The predicted octanol–water partition coefficient (Wildman–Crippen LogP) is 1.71. The number of alkyl halides is 1. The Morgan fingerprint density at radius 2 is 2.30 bits per heavy atom. The average molecular weight is 144 g/mol. The molecule has 3 heteroatoms. The van der Waals surface area contributed by atoms with E-state index in [-0.39, 0.29) is 6.42 Å². The van der Waals surface area contributed by atoms with Crippen molar-refractivity contribution in [1.82, 2.24) is 0 Å². The maximum atomic E-state index is 12.4. The number of aldehydes is 1. The Bertz CT molecular complexity index is 206. The molecule has 0 radical (unpaired) electrons. The Kier molecular flexibility index (Phi) is 1.94. The van der Waals surface area contributed by atoms with Crippen molar-refractivity contribution >= 4 is 6.29 Å². The van der Waals surface area contributed by atoms with Crippen LogP contribution < -0.4 is 0 Å². The van der Waals surface area contributed by atoms with Crippen molar-refractivity contribution in [2.75, 3.05) is 0 Å². The molecule has 1 unspecified atom stereocenters. The van der Waals surface area contributed by atoms with Gasteiger partial charge in [-0.15, -0.1) is 0 Å². The molecule has 0 aliphatic heterocycles. The minimum absolute atomic E-state index is 0.133. The summed E-state index contributed by atoms with van der Waals surface area (Å²) >= 11 is 0. The van der Waals surface area contributed by atoms with Crippen LogP contribution in [0, 0.1) is 0 Å². The fraction of sp³-hybridized carbons (Fsp3) is 0.286. The molecule has 10 heavy (non-hydrogen) atoms. The first-order valence-corrected chi connectivity index (χ1v) is 2.89. The molecule has 0 aromatic carbocycles. The Hall–Kier alpha value is -0.990. The van der Waals surface area contributed by atoms with E-state index < -0.39 is 12.0 Å². The van der Waals surface area contributed by atoms with E-state index in [0.717, 1.165) is 6.08 Å². The van der Waals surface area contributed by atoms with Gasteiger partial charge >= 0.3 is 0 Å². The highest BCUT2D eigenvalue weighted by Gasteiger charge is 2.17. The van der Waals surface area contributed by atoms with Crippen molar-refractivity contribution in [2.24, 2.45) is 0 Å². The zero-order valence-electron chi connectivity index (χ0n) is 5.18. The summed E-state index contributed by atoms with van der Waals surface area (Å²) in [7, 11) is 0. The second-order valence-corrected chi connectivity index (χ2v) is 2.08. The largest absolute Gasteiger partial charge is 0.298 e. The summed E-state index contributed by atoms with van der Waals surface area (Å²) in [4.78, 5) is 10.0. The second-order valence-electron chi connectivity index (χ2n) is 2.08. The normalized spacial score (nSPS) is 25.2. The van der Waals surface area contributed by atoms with Crippen LogP contribution in [0.4, 0.5) is 8.78 Å². The van der Waals surface area contributed by atoms with Gasteiger partial charge in [0.15, 0.2) is 6.17 Å². The van der Waals surface area contributed by atoms with Gasteiger partial charge in [0.2, 0.25) is 0 Å². The van der Waals surface area contributed by atoms with Crippen LogP contribution in [0.5, 0.6) is 0 Å². The molecule has 1 rings (SSSR count). The molecule has 0 spiro atoms. The number of halogens is 2. The van der Waals surface area contributed by atoms with E-state index in [0.29, 0.717) is 11.9 Å². The van der Waals surface area contributed by atoms with Crippen molar-refractivity contribution < 1.29 is 13.6 Å². The lowest BCUT2D eigenvalue weighted by Crippen LogP contribution is -2.06. The average Bonchev–Trinajstić information content (AvgIpc) is 1.95. The summed E-state index contributed by atoms with van der Waals surface area (Å²) in [6.07, 6.45) is 1.06. The third-order valence-corrected chi connectivity index (χ3v) is 1.32. The van der Waals surface area contributed by atoms with Crippen molar-refractivity contribution in [3.63, 3.8) is 0 Å². The molecule has 0 aromatic rings. The quantitative estimate of drug-likeness (QED) is 0.512. The third kappa shape index (κ3) is 1.29. The van der Waals surface area contributed by atoms with Gasteiger partial charge in [0.05, 0.1) is 0 Å². The zero-order chi connectivity index (χ0) is 7.56. The number of hydrogen-bond acceptors (Lipinski definition) is 1. The molecule has 0 saturated carbocycles. The van der Waals surface area contributed by atoms with Crippen LogP contribution in [0.25, 0.3) is 0 Å². The first kappa shape index (κ1) is 7.12. The Balaban J connectivity index is 2.78. The lowest BCUT2D eigenvalue weighted by molar-refractivity contribution is -0.105. The monoisotopic (exact) mass is 144 g/mol. The summed E-state index contributed by atoms with van der Waals surface area (Å²) < 4.78 is 24.6. The van der Waals surface area contributed by atoms with Gasteiger partial charge in [-0.25, -0.2) is 8.78 Å². The van der Waals surface area contributed by atoms with Crippen LogP contribution >= 0.6 is 0 Å². The summed E-state index contributed by atoms with van der Waals surface area (Å²) in [5.41, 5.74) is 0.300. The van der Waals surface area contributed by atoms with Gasteiger partial charge < -0.3 is 0 Å². The van der Waals surface area contributed by atoms with Crippen molar-refractivity contribution in [3.05, 3.63) is 23.6 Å². The zero-order valence-corrected chi connectivity index (χ0v) is 5.18. The summed E-state index contributed by atoms with van der Waals surface area (Å²) in [6, 6.07) is 0. The van der Waals surface area contributed by atoms with Gasteiger partial charge in [-0.2, -0.15) is 0 Å². The minimum atomic E-state index is -1.62. The molecule has 0 bridgehead atoms. The molecule has 1 nitrogen and oxygen atoms in total. The van der Waals surface area contributed by atoms with E-state index in [1.165, 1.54) is 6.08 Å². The maximum absolute atomic E-state index is 12.4. The van der Waals surface area contributed by atoms with E-state index in [2.05, 4.69) is 0 Å². The Morgan fingerprint density at radius 1 is 1.60 bits per heavy atom. The van der Waals surface area contributed by atoms with Gasteiger partial charge in [-0.05, 0) is 11.6 Å². The van der Waals surface area contributed by atoms with Gasteiger partial charge in [0.1, 0.15) is 12.1 Å². The highest BCUT2D eigenvalue weighted by atomic mass is 19.2. The molecule has 0 fully saturated rings. The number of carbonyl (C=O) groups excluding carboxylic acids is 1. The number of hydrogen-bond donors (Lipinski definition) is 0. The predicted molar refractivity (Wildman–Crippen MR) is 32.9 cm³/mol. The molecule has 1 aliphatic carbocycles. The smallest absolute Gasteiger partial charge is 0.155 e. The second kappa shape index (κ2) is 2.73. The molecule has 1 aliphatic rings. The minimum Gasteiger partial charge on any atom is -0.298 e. The van der Waals surface area contributed by atoms with E-state index in [1.807, 2.05) is 0 Å². The van der Waals surface area contributed by atoms with Gasteiger partial charge in [-0.3, -0.25) is 4.79 Å². The lowest BCUT2D eigenvalue weighted by atomic mass is 10.0. The van der Waals surface area contributed by atoms with Crippen LogP contribution in [0.15, 0.2) is 23.6 Å². The molecular weight excluding hydrogens is 138 g/mol. The number of rotatable bonds is 1. The summed E-state index contributed by atoms with van der Waals surface area (Å²) in [5, 5.41) is 0. The maximum Gasteiger partial charge on any atom is 0.155 e. The lowest BCUT2D eigenvalue weighted by Gasteiger charge is -2.08. The van der Waals surface area contributed by atoms with E-state index in [4.69, 9.17) is 0 Å². The van der Waals surface area contributed by atoms with Gasteiger partial charge in [-0.1, -0.05) is 6.08 Å². The molecule has 0 heterocycles. The van der Waals surface area contributed by atoms with Crippen LogP contribution in [-0.4, -0.2) is 12.5 Å². The third-order valence-electron chi connectivity index (χ3n) is 1.32. The van der Waals surface area contributed by atoms with E-state index in [1.54, 1.807) is 0 Å². The van der Waals surface area contributed by atoms with E-state index in [9.17, 15) is 13.6 Å². The molecular formula is C7H6F2O. The van der Waals surface area contributed by atoms with Crippen molar-refractivity contribution in [2.45, 2.75) is 12.6 Å². The van der Waals surface area contributed by atoms with Crippen LogP contribution in [-0.2, 0) is 4.79 Å². The van der Waals surface area contributed by atoms with E-state index >= 15 is 0 Å². The van der Waals surface area contributed by atoms with Crippen LogP contribution in [0.1, 0.15) is 6.42 Å². The summed E-state index contributed by atoms with van der Waals surface area (Å²) in [5.74, 6) is -0.800. The SMILES string of the molecule is O=CC1=CC=C(F)C(F)C1. The molecule has 0 amide bonds. The Labute approximate surface area is 57.0 Å². The van der Waals surface area contributed by atoms with Gasteiger partial charge in [0, 0.05) is 6.42 Å². The first-order valence-electron chi connectivity index (χ1n) is 2.89. The Morgan fingerprint density at radius 3 is 2.80 bits per heavy atom. The van der Waals surface area contributed by atoms with Crippen LogP contribution in [0.2, 0.25) is 0 Å². The molecule has 0 N–H and O–H groups in total. The topological polar surface area (TPSA) is 17.1 Å². The van der Waals surface area contributed by atoms with Gasteiger partial charge in [0.25, 0.3) is 0 Å². The fourth-order valence-electron chi connectivity index (χ4n) is 0.751. The van der Waals surface area contributed by atoms with Crippen molar-refractivity contribution in [1.29, 1.82) is 0 Å². The highest BCUT2D eigenvalue weighted by molar-refractivity contribution is 5.74. The van der Waals surface area contributed by atoms with Crippen molar-refractivity contribution in [3.8, 4) is 0 Å². The van der Waals surface area contributed by atoms with Crippen LogP contribution in [0.3, 0.4) is 0 Å². The standard InChI is InChI=1S/C7H6F2O/c8-6-2-1-5(4-10)3-7(6)9/h1-2,4,7H,3H2. The summed E-state index contributed by atoms with van der Waals surface area (Å²) in [6.45, 7) is 0. The highest BCUT2D eigenvalue weighted by Crippen LogP contribution is 2.21. The first-order chi connectivity index (χ1) is 4.74. The molecule has 54 valence electrons. The molecule has 0 aromatic heterocycles. The number of allylic oxidation sites excluding steroid dienone is 4.